The van der Waals surface area contributed by atoms with Crippen molar-refractivity contribution in [1.29, 1.82) is 0 Å². The molecule has 2 amide bonds. The lowest BCUT2D eigenvalue weighted by Gasteiger charge is -2.40. The van der Waals surface area contributed by atoms with Crippen molar-refractivity contribution in [3.05, 3.63) is 9.93 Å². The van der Waals surface area contributed by atoms with Gasteiger partial charge < -0.3 is 15.2 Å². The summed E-state index contributed by atoms with van der Waals surface area (Å²) >= 11 is 2.64. The van der Waals surface area contributed by atoms with Gasteiger partial charge in [-0.25, -0.2) is 4.79 Å². The summed E-state index contributed by atoms with van der Waals surface area (Å²) in [6.07, 6.45) is -0.581. The van der Waals surface area contributed by atoms with Gasteiger partial charge in [0.2, 0.25) is 5.91 Å². The van der Waals surface area contributed by atoms with E-state index in [2.05, 4.69) is 5.32 Å². The third-order valence-electron chi connectivity index (χ3n) is 2.82. The summed E-state index contributed by atoms with van der Waals surface area (Å²) in [6, 6.07) is 0. The second-order valence-corrected chi connectivity index (χ2v) is 6.64. The Morgan fingerprint density at radius 2 is 2.25 bits per heavy atom. The zero-order chi connectivity index (χ0) is 14.9. The number of aliphatic carboxylic acids is 1. The molecular formula is C11H14N2O5S2. The maximum absolute atomic E-state index is 11.8. The molecule has 1 saturated heterocycles. The molecule has 1 fully saturated rings. The molecule has 0 aromatic heterocycles. The minimum Gasteiger partial charge on any atom is -0.477 e. The van der Waals surface area contributed by atoms with Crippen LogP contribution < -0.4 is 5.32 Å². The molecule has 0 aromatic carbocycles. The van der Waals surface area contributed by atoms with Crippen molar-refractivity contribution in [3.63, 3.8) is 0 Å². The van der Waals surface area contributed by atoms with E-state index >= 15 is 0 Å². The number of nitrogens with one attached hydrogen (secondary N) is 1. The number of carboxylic acids is 1. The Balaban J connectivity index is 2.02. The summed E-state index contributed by atoms with van der Waals surface area (Å²) in [7, 11) is 1.43. The first-order valence-electron chi connectivity index (χ1n) is 5.84. The number of fused-ring (bicyclic) bond motifs is 1. The summed E-state index contributed by atoms with van der Waals surface area (Å²) in [5.74, 6) is -1.02. The van der Waals surface area contributed by atoms with E-state index in [0.29, 0.717) is 16.5 Å². The van der Waals surface area contributed by atoms with Gasteiger partial charge in [0, 0.05) is 26.3 Å². The number of methoxy groups -OCH3 is 1. The molecule has 0 bridgehead atoms. The number of carboxylic acid groups (broad SMARTS) is 1. The quantitative estimate of drug-likeness (QED) is 0.527. The van der Waals surface area contributed by atoms with Crippen LogP contribution in [0, 0.1) is 0 Å². The van der Waals surface area contributed by atoms with Gasteiger partial charge in [-0.05, 0) is 0 Å². The number of hydrogen-bond donors (Lipinski definition) is 2. The van der Waals surface area contributed by atoms with Crippen molar-refractivity contribution >= 4 is 41.3 Å². The van der Waals surface area contributed by atoms with Crippen LogP contribution in [0.2, 0.25) is 0 Å². The number of amides is 2. The number of thioether (sulfide) groups is 2. The topological polar surface area (TPSA) is 95.9 Å². The standard InChI is InChI=1S/C11H14N2O5S2/c1-5(14)12-3-4-19-11-6(10(16)17)13-8(15)7(18-2)9(13)20-11/h7,9H,3-4H2,1-2H3,(H,12,14)(H,16,17)/t7?,9-/m1/s1. The largest absolute Gasteiger partial charge is 0.477 e. The average molecular weight is 318 g/mol. The fourth-order valence-electron chi connectivity index (χ4n) is 1.93. The molecule has 0 spiro atoms. The molecule has 1 unspecified atom stereocenters. The Bertz CT molecular complexity index is 493. The number of carbonyl (C=O) groups excluding carboxylic acids is 2. The Morgan fingerprint density at radius 3 is 2.80 bits per heavy atom. The van der Waals surface area contributed by atoms with Crippen molar-refractivity contribution < 1.29 is 24.2 Å². The molecule has 2 aliphatic heterocycles. The van der Waals surface area contributed by atoms with E-state index in [1.54, 1.807) is 0 Å². The fourth-order valence-corrected chi connectivity index (χ4v) is 4.65. The summed E-state index contributed by atoms with van der Waals surface area (Å²) in [6.45, 7) is 1.87. The van der Waals surface area contributed by atoms with Gasteiger partial charge in [0.05, 0.1) is 4.24 Å². The van der Waals surface area contributed by atoms with Crippen LogP contribution in [0.15, 0.2) is 9.93 Å². The third kappa shape index (κ3) is 2.65. The van der Waals surface area contributed by atoms with Gasteiger partial charge in [-0.2, -0.15) is 0 Å². The highest BCUT2D eigenvalue weighted by molar-refractivity contribution is 8.22. The third-order valence-corrected chi connectivity index (χ3v) is 5.43. The number of nitrogens with zero attached hydrogens (tertiary/aromatic N) is 1. The van der Waals surface area contributed by atoms with Gasteiger partial charge in [-0.3, -0.25) is 14.5 Å². The molecular weight excluding hydrogens is 304 g/mol. The highest BCUT2D eigenvalue weighted by atomic mass is 32.2. The van der Waals surface area contributed by atoms with Gasteiger partial charge in [-0.15, -0.1) is 11.8 Å². The molecule has 0 saturated carbocycles. The molecule has 2 atom stereocenters. The van der Waals surface area contributed by atoms with E-state index in [1.165, 1.54) is 42.5 Å². The molecule has 0 aromatic rings. The van der Waals surface area contributed by atoms with Gasteiger partial charge >= 0.3 is 5.97 Å². The van der Waals surface area contributed by atoms with Crippen molar-refractivity contribution in [1.82, 2.24) is 10.2 Å². The number of carbonyl (C=O) groups is 3. The van der Waals surface area contributed by atoms with Gasteiger partial charge in [-0.1, -0.05) is 11.8 Å². The Labute approximate surface area is 124 Å². The molecule has 2 heterocycles. The summed E-state index contributed by atoms with van der Waals surface area (Å²) in [5.41, 5.74) is 0.0196. The first-order chi connectivity index (χ1) is 9.47. The molecule has 20 heavy (non-hydrogen) atoms. The van der Waals surface area contributed by atoms with Crippen LogP contribution in [0.25, 0.3) is 0 Å². The number of β-lactam (4-membered cyclic amide) rings is 1. The van der Waals surface area contributed by atoms with Crippen LogP contribution >= 0.6 is 23.5 Å². The van der Waals surface area contributed by atoms with Crippen LogP contribution in [0.4, 0.5) is 0 Å². The van der Waals surface area contributed by atoms with Crippen LogP contribution in [-0.2, 0) is 19.1 Å². The molecule has 7 nitrogen and oxygen atoms in total. The maximum Gasteiger partial charge on any atom is 0.354 e. The molecule has 2 aliphatic rings. The lowest BCUT2D eigenvalue weighted by atomic mass is 10.1. The minimum absolute atomic E-state index is 0.0196. The number of rotatable bonds is 6. The summed E-state index contributed by atoms with van der Waals surface area (Å²) in [4.78, 5) is 35.1. The first kappa shape index (κ1) is 15.2. The second kappa shape index (κ2) is 6.06. The van der Waals surface area contributed by atoms with E-state index in [-0.39, 0.29) is 22.9 Å². The van der Waals surface area contributed by atoms with Gasteiger partial charge in [0.15, 0.2) is 11.8 Å². The van der Waals surface area contributed by atoms with Crippen molar-refractivity contribution in [2.75, 3.05) is 19.4 Å². The molecule has 110 valence electrons. The lowest BCUT2D eigenvalue weighted by Crippen LogP contribution is -2.61. The Morgan fingerprint density at radius 1 is 1.55 bits per heavy atom. The monoisotopic (exact) mass is 318 g/mol. The predicted octanol–water partition coefficient (Wildman–Crippen LogP) is 0.0395. The molecule has 2 N–H and O–H groups in total. The van der Waals surface area contributed by atoms with Crippen molar-refractivity contribution in [2.24, 2.45) is 0 Å². The normalized spacial score (nSPS) is 24.5. The van der Waals surface area contributed by atoms with E-state index in [0.717, 1.165) is 0 Å². The second-order valence-electron chi connectivity index (χ2n) is 4.15. The van der Waals surface area contributed by atoms with Crippen LogP contribution in [0.3, 0.4) is 0 Å². The molecule has 0 radical (unpaired) electrons. The highest BCUT2D eigenvalue weighted by Gasteiger charge is 2.56. The zero-order valence-electron chi connectivity index (χ0n) is 10.9. The summed E-state index contributed by atoms with van der Waals surface area (Å²) < 4.78 is 5.63. The highest BCUT2D eigenvalue weighted by Crippen LogP contribution is 2.51. The van der Waals surface area contributed by atoms with E-state index in [1.807, 2.05) is 0 Å². The number of hydrogen-bond acceptors (Lipinski definition) is 6. The van der Waals surface area contributed by atoms with Crippen molar-refractivity contribution in [2.45, 2.75) is 18.4 Å². The van der Waals surface area contributed by atoms with Crippen molar-refractivity contribution in [3.8, 4) is 0 Å². The zero-order valence-corrected chi connectivity index (χ0v) is 12.5. The SMILES string of the molecule is COC1C(=O)N2C(C(=O)O)=C(SCCNC(C)=O)S[C@H]12. The molecule has 0 aliphatic carbocycles. The van der Waals surface area contributed by atoms with Gasteiger partial charge in [0.1, 0.15) is 5.37 Å². The Hall–Kier alpha value is -1.19. The fraction of sp³-hybridized carbons (Fsp3) is 0.545. The smallest absolute Gasteiger partial charge is 0.354 e. The average Bonchev–Trinajstić information content (AvgIpc) is 2.70. The lowest BCUT2D eigenvalue weighted by molar-refractivity contribution is -0.161. The first-order valence-corrected chi connectivity index (χ1v) is 7.71. The predicted molar refractivity (Wildman–Crippen MR) is 74.8 cm³/mol. The van der Waals surface area contributed by atoms with Crippen LogP contribution in [-0.4, -0.2) is 58.7 Å². The van der Waals surface area contributed by atoms with Crippen LogP contribution in [0.1, 0.15) is 6.92 Å². The van der Waals surface area contributed by atoms with E-state index in [9.17, 15) is 19.5 Å². The summed E-state index contributed by atoms with van der Waals surface area (Å²) in [5, 5.41) is 11.6. The van der Waals surface area contributed by atoms with Crippen LogP contribution in [0.5, 0.6) is 0 Å². The van der Waals surface area contributed by atoms with E-state index < -0.39 is 12.1 Å². The van der Waals surface area contributed by atoms with E-state index in [4.69, 9.17) is 4.74 Å². The number of ether oxygens (including phenoxy) is 1. The molecule has 9 heteroatoms. The van der Waals surface area contributed by atoms with Gasteiger partial charge in [0.25, 0.3) is 5.91 Å². The maximum atomic E-state index is 11.8. The Kier molecular flexibility index (Phi) is 4.61. The molecule has 2 rings (SSSR count). The minimum atomic E-state index is -1.12.